The van der Waals surface area contributed by atoms with Crippen LogP contribution in [0.4, 0.5) is 0 Å². The second kappa shape index (κ2) is 13.1. The van der Waals surface area contributed by atoms with Gasteiger partial charge in [-0.1, -0.05) is 61.5 Å². The molecule has 0 atom stereocenters. The number of benzene rings is 3. The molecule has 0 aliphatic carbocycles. The highest BCUT2D eigenvalue weighted by Crippen LogP contribution is 2.35. The maximum atomic E-state index is 12.3. The first-order chi connectivity index (χ1) is 17.3. The molecule has 0 aliphatic rings. The average molecular weight is 488 g/mol. The molecule has 2 N–H and O–H groups in total. The Kier molecular flexibility index (Phi) is 9.86. The van der Waals surface area contributed by atoms with Crippen molar-refractivity contribution in [3.8, 4) is 11.5 Å². The summed E-state index contributed by atoms with van der Waals surface area (Å²) in [6, 6.07) is 26.3. The number of aliphatic hydroxyl groups excluding tert-OH is 1. The third-order valence-corrected chi connectivity index (χ3v) is 5.72. The smallest absolute Gasteiger partial charge is 0.316 e. The van der Waals surface area contributed by atoms with Crippen LogP contribution >= 0.6 is 0 Å². The number of carbonyl (C=O) groups excluding carboxylic acids is 1. The quantitative estimate of drug-likeness (QED) is 0.151. The molecule has 0 saturated heterocycles. The lowest BCUT2D eigenvalue weighted by atomic mass is 9.88. The minimum atomic E-state index is -0.564. The van der Waals surface area contributed by atoms with Crippen molar-refractivity contribution in [2.45, 2.75) is 34.1 Å². The van der Waals surface area contributed by atoms with Gasteiger partial charge in [0, 0.05) is 13.1 Å². The zero-order chi connectivity index (χ0) is 26.0. The van der Waals surface area contributed by atoms with E-state index in [1.54, 1.807) is 0 Å². The molecule has 0 bridgehead atoms. The summed E-state index contributed by atoms with van der Waals surface area (Å²) in [6.45, 7) is 9.58. The summed E-state index contributed by atoms with van der Waals surface area (Å²) in [5, 5.41) is 12.0. The van der Waals surface area contributed by atoms with Gasteiger partial charge in [0.1, 0.15) is 18.1 Å². The van der Waals surface area contributed by atoms with Crippen molar-refractivity contribution in [2.75, 3.05) is 26.3 Å². The molecule has 0 fully saturated rings. The molecule has 5 heteroatoms. The Hall–Kier alpha value is -3.41. The predicted molar refractivity (Wildman–Crippen MR) is 146 cm³/mol. The lowest BCUT2D eigenvalue weighted by Crippen LogP contribution is -2.25. The van der Waals surface area contributed by atoms with E-state index in [1.807, 2.05) is 63.2 Å². The van der Waals surface area contributed by atoms with E-state index in [1.165, 1.54) is 11.1 Å². The molecule has 0 spiro atoms. The average Bonchev–Trinajstić information content (AvgIpc) is 2.88. The van der Waals surface area contributed by atoms with E-state index in [0.29, 0.717) is 25.4 Å². The minimum Gasteiger partial charge on any atom is -0.492 e. The lowest BCUT2D eigenvalue weighted by Gasteiger charge is -2.18. The number of hydrogen-bond donors (Lipinski definition) is 2. The standard InChI is InChI=1S/C31H37NO4/c1-5-28(23-9-7-6-8-10-23)29(24-11-15-26(16-12-24)35-22-20-32-19-21-33)25-13-17-27(18-14-25)36-30(34)31(2,3)4/h6-18,32-33H,5,19-22H2,1-4H3. The topological polar surface area (TPSA) is 67.8 Å². The van der Waals surface area contributed by atoms with Crippen molar-refractivity contribution in [2.24, 2.45) is 5.41 Å². The maximum absolute atomic E-state index is 12.3. The van der Waals surface area contributed by atoms with Crippen molar-refractivity contribution >= 4 is 17.1 Å². The van der Waals surface area contributed by atoms with Crippen LogP contribution in [-0.2, 0) is 4.79 Å². The van der Waals surface area contributed by atoms with Crippen molar-refractivity contribution in [3.63, 3.8) is 0 Å². The molecule has 0 amide bonds. The van der Waals surface area contributed by atoms with Crippen LogP contribution in [0, 0.1) is 5.41 Å². The summed E-state index contributed by atoms with van der Waals surface area (Å²) in [5.41, 5.74) is 5.11. The van der Waals surface area contributed by atoms with Gasteiger partial charge in [-0.2, -0.15) is 0 Å². The first-order valence-corrected chi connectivity index (χ1v) is 12.5. The van der Waals surface area contributed by atoms with Gasteiger partial charge >= 0.3 is 5.97 Å². The van der Waals surface area contributed by atoms with E-state index < -0.39 is 5.41 Å². The fourth-order valence-corrected chi connectivity index (χ4v) is 3.79. The molecule has 36 heavy (non-hydrogen) atoms. The summed E-state index contributed by atoms with van der Waals surface area (Å²) in [7, 11) is 0. The Morgan fingerprint density at radius 3 is 1.92 bits per heavy atom. The molecule has 3 aromatic carbocycles. The Balaban J connectivity index is 1.93. The molecule has 3 rings (SSSR count). The zero-order valence-corrected chi connectivity index (χ0v) is 21.7. The van der Waals surface area contributed by atoms with Gasteiger partial charge in [-0.25, -0.2) is 0 Å². The van der Waals surface area contributed by atoms with Crippen LogP contribution in [0.15, 0.2) is 78.9 Å². The fraction of sp³-hybridized carbons (Fsp3) is 0.323. The molecule has 0 heterocycles. The summed E-state index contributed by atoms with van der Waals surface area (Å²) >= 11 is 0. The zero-order valence-electron chi connectivity index (χ0n) is 21.7. The summed E-state index contributed by atoms with van der Waals surface area (Å²) < 4.78 is 11.4. The van der Waals surface area contributed by atoms with Crippen molar-refractivity contribution in [1.82, 2.24) is 5.32 Å². The van der Waals surface area contributed by atoms with Crippen LogP contribution in [0.2, 0.25) is 0 Å². The Morgan fingerprint density at radius 2 is 1.39 bits per heavy atom. The molecule has 0 saturated carbocycles. The molecule has 0 radical (unpaired) electrons. The first-order valence-electron chi connectivity index (χ1n) is 12.5. The van der Waals surface area contributed by atoms with Crippen molar-refractivity contribution in [1.29, 1.82) is 0 Å². The lowest BCUT2D eigenvalue weighted by molar-refractivity contribution is -0.142. The van der Waals surface area contributed by atoms with Gasteiger partial charge in [0.15, 0.2) is 0 Å². The molecule has 3 aromatic rings. The SMILES string of the molecule is CCC(=C(c1ccc(OCCNCCO)cc1)c1ccc(OC(=O)C(C)(C)C)cc1)c1ccccc1. The van der Waals surface area contributed by atoms with E-state index in [9.17, 15) is 4.79 Å². The predicted octanol–water partition coefficient (Wildman–Crippen LogP) is 5.97. The third-order valence-electron chi connectivity index (χ3n) is 5.72. The van der Waals surface area contributed by atoms with Gasteiger partial charge in [-0.3, -0.25) is 4.79 Å². The summed E-state index contributed by atoms with van der Waals surface area (Å²) in [4.78, 5) is 12.3. The van der Waals surface area contributed by atoms with Gasteiger partial charge < -0.3 is 19.9 Å². The Morgan fingerprint density at radius 1 is 0.806 bits per heavy atom. The van der Waals surface area contributed by atoms with Crippen molar-refractivity contribution in [3.05, 3.63) is 95.6 Å². The molecular formula is C31H37NO4. The molecule has 5 nitrogen and oxygen atoms in total. The highest BCUT2D eigenvalue weighted by atomic mass is 16.5. The van der Waals surface area contributed by atoms with Crippen molar-refractivity contribution < 1.29 is 19.4 Å². The Bertz CT molecular complexity index is 1130. The van der Waals surface area contributed by atoms with Crippen LogP contribution in [0.5, 0.6) is 11.5 Å². The number of carbonyl (C=O) groups is 1. The van der Waals surface area contributed by atoms with Crippen LogP contribution in [0.25, 0.3) is 11.1 Å². The highest BCUT2D eigenvalue weighted by Gasteiger charge is 2.23. The number of hydrogen-bond acceptors (Lipinski definition) is 5. The normalized spacial score (nSPS) is 12.1. The van der Waals surface area contributed by atoms with Crippen LogP contribution in [0.1, 0.15) is 50.8 Å². The maximum Gasteiger partial charge on any atom is 0.316 e. The molecular weight excluding hydrogens is 450 g/mol. The number of nitrogens with one attached hydrogen (secondary N) is 1. The van der Waals surface area contributed by atoms with E-state index in [4.69, 9.17) is 14.6 Å². The largest absolute Gasteiger partial charge is 0.492 e. The van der Waals surface area contributed by atoms with Gasteiger partial charge in [0.25, 0.3) is 0 Å². The number of allylic oxidation sites excluding steroid dienone is 1. The number of esters is 1. The van der Waals surface area contributed by atoms with Crippen LogP contribution < -0.4 is 14.8 Å². The highest BCUT2D eigenvalue weighted by molar-refractivity contribution is 5.98. The summed E-state index contributed by atoms with van der Waals surface area (Å²) in [5.74, 6) is 1.08. The molecule has 0 aliphatic heterocycles. The Labute approximate surface area is 214 Å². The van der Waals surface area contributed by atoms with E-state index in [-0.39, 0.29) is 12.6 Å². The molecule has 0 unspecified atom stereocenters. The van der Waals surface area contributed by atoms with Crippen LogP contribution in [0.3, 0.4) is 0 Å². The minimum absolute atomic E-state index is 0.116. The van der Waals surface area contributed by atoms with Gasteiger partial charge in [0.2, 0.25) is 0 Å². The second-order valence-corrected chi connectivity index (χ2v) is 9.58. The third kappa shape index (κ3) is 7.54. The van der Waals surface area contributed by atoms with E-state index >= 15 is 0 Å². The molecule has 190 valence electrons. The number of rotatable bonds is 11. The first kappa shape index (κ1) is 27.2. The van der Waals surface area contributed by atoms with Gasteiger partial charge in [-0.05, 0) is 79.3 Å². The second-order valence-electron chi connectivity index (χ2n) is 9.58. The van der Waals surface area contributed by atoms with Crippen LogP contribution in [-0.4, -0.2) is 37.4 Å². The fourth-order valence-electron chi connectivity index (χ4n) is 3.79. The van der Waals surface area contributed by atoms with Gasteiger partial charge in [-0.15, -0.1) is 0 Å². The van der Waals surface area contributed by atoms with E-state index in [2.05, 4.69) is 48.6 Å². The summed E-state index contributed by atoms with van der Waals surface area (Å²) in [6.07, 6.45) is 0.856. The van der Waals surface area contributed by atoms with Gasteiger partial charge in [0.05, 0.1) is 12.0 Å². The number of aliphatic hydroxyl groups is 1. The molecule has 0 aromatic heterocycles. The monoisotopic (exact) mass is 487 g/mol. The number of ether oxygens (including phenoxy) is 2. The van der Waals surface area contributed by atoms with E-state index in [0.717, 1.165) is 28.9 Å².